The maximum Gasteiger partial charge on any atom is 0.288 e. The van der Waals surface area contributed by atoms with E-state index < -0.39 is 4.92 Å². The Labute approximate surface area is 123 Å². The zero-order valence-corrected chi connectivity index (χ0v) is 12.1. The van der Waals surface area contributed by atoms with E-state index in [2.05, 4.69) is 10.3 Å². The van der Waals surface area contributed by atoms with Gasteiger partial charge in [-0.25, -0.2) is 4.98 Å². The van der Waals surface area contributed by atoms with E-state index in [1.807, 2.05) is 0 Å². The van der Waals surface area contributed by atoms with Crippen LogP contribution in [0.3, 0.4) is 0 Å². The van der Waals surface area contributed by atoms with E-state index in [9.17, 15) is 10.1 Å². The third-order valence-corrected chi connectivity index (χ3v) is 3.86. The van der Waals surface area contributed by atoms with Gasteiger partial charge >= 0.3 is 0 Å². The van der Waals surface area contributed by atoms with Crippen LogP contribution in [0.25, 0.3) is 0 Å². The summed E-state index contributed by atoms with van der Waals surface area (Å²) in [7, 11) is 0. The van der Waals surface area contributed by atoms with Crippen molar-refractivity contribution >= 4 is 45.9 Å². The quantitative estimate of drug-likeness (QED) is 0.675. The number of rotatable bonds is 4. The average Bonchev–Trinajstić information content (AvgIpc) is 2.75. The Kier molecular flexibility index (Phi) is 4.24. The molecule has 8 heteroatoms. The van der Waals surface area contributed by atoms with Crippen molar-refractivity contribution in [3.63, 3.8) is 0 Å². The third kappa shape index (κ3) is 3.34. The standard InChI is InChI=1S/C11H9Cl2N3O2S/c1-6-2-9(16(17)18)7(12)3-8(6)14-5-11-15-4-10(13)19-11/h2-4,14H,5H2,1H3. The highest BCUT2D eigenvalue weighted by atomic mass is 35.5. The van der Waals surface area contributed by atoms with Crippen molar-refractivity contribution in [1.82, 2.24) is 4.98 Å². The molecule has 2 rings (SSSR count). The van der Waals surface area contributed by atoms with Crippen molar-refractivity contribution in [3.8, 4) is 0 Å². The topological polar surface area (TPSA) is 68.1 Å². The number of anilines is 1. The number of nitrogens with zero attached hydrogens (tertiary/aromatic N) is 2. The minimum Gasteiger partial charge on any atom is -0.378 e. The second-order valence-electron chi connectivity index (χ2n) is 3.79. The monoisotopic (exact) mass is 317 g/mol. The van der Waals surface area contributed by atoms with Gasteiger partial charge in [0.1, 0.15) is 14.4 Å². The molecule has 2 aromatic rings. The van der Waals surface area contributed by atoms with E-state index in [-0.39, 0.29) is 10.7 Å². The summed E-state index contributed by atoms with van der Waals surface area (Å²) < 4.78 is 0.621. The number of nitrogens with one attached hydrogen (secondary N) is 1. The van der Waals surface area contributed by atoms with Gasteiger partial charge in [0.25, 0.3) is 5.69 Å². The molecular weight excluding hydrogens is 309 g/mol. The van der Waals surface area contributed by atoms with Gasteiger partial charge in [-0.05, 0) is 18.6 Å². The third-order valence-electron chi connectivity index (χ3n) is 2.45. The molecule has 100 valence electrons. The second kappa shape index (κ2) is 5.73. The number of nitro groups is 1. The van der Waals surface area contributed by atoms with Crippen LogP contribution in [0.1, 0.15) is 10.6 Å². The molecular formula is C11H9Cl2N3O2S. The van der Waals surface area contributed by atoms with Crippen molar-refractivity contribution in [2.75, 3.05) is 5.32 Å². The predicted molar refractivity (Wildman–Crippen MR) is 77.3 cm³/mol. The van der Waals surface area contributed by atoms with Crippen molar-refractivity contribution in [2.45, 2.75) is 13.5 Å². The Morgan fingerprint density at radius 3 is 2.79 bits per heavy atom. The zero-order chi connectivity index (χ0) is 14.0. The maximum atomic E-state index is 10.7. The summed E-state index contributed by atoms with van der Waals surface area (Å²) in [6.45, 7) is 2.27. The fourth-order valence-corrected chi connectivity index (χ4v) is 2.67. The summed E-state index contributed by atoms with van der Waals surface area (Å²) in [5.41, 5.74) is 1.39. The van der Waals surface area contributed by atoms with E-state index in [4.69, 9.17) is 23.2 Å². The molecule has 0 radical (unpaired) electrons. The molecule has 1 aromatic heterocycles. The summed E-state index contributed by atoms with van der Waals surface area (Å²) in [6.07, 6.45) is 1.58. The van der Waals surface area contributed by atoms with Gasteiger partial charge in [0.2, 0.25) is 0 Å². The summed E-state index contributed by atoms with van der Waals surface area (Å²) in [5, 5.41) is 14.8. The van der Waals surface area contributed by atoms with E-state index >= 15 is 0 Å². The molecule has 0 bridgehead atoms. The van der Waals surface area contributed by atoms with Gasteiger partial charge in [-0.3, -0.25) is 10.1 Å². The second-order valence-corrected chi connectivity index (χ2v) is 5.94. The normalized spacial score (nSPS) is 10.5. The van der Waals surface area contributed by atoms with E-state index in [0.29, 0.717) is 10.9 Å². The predicted octanol–water partition coefficient (Wildman–Crippen LogP) is 4.28. The van der Waals surface area contributed by atoms with Crippen molar-refractivity contribution < 1.29 is 4.92 Å². The molecule has 1 N–H and O–H groups in total. The fourth-order valence-electron chi connectivity index (χ4n) is 1.54. The number of aromatic nitrogens is 1. The molecule has 0 unspecified atom stereocenters. The first kappa shape index (κ1) is 14.0. The Balaban J connectivity index is 2.17. The minimum absolute atomic E-state index is 0.0954. The minimum atomic E-state index is -0.500. The van der Waals surface area contributed by atoms with Gasteiger partial charge < -0.3 is 5.32 Å². The van der Waals surface area contributed by atoms with Gasteiger partial charge in [0, 0.05) is 11.8 Å². The SMILES string of the molecule is Cc1cc([N+](=O)[O-])c(Cl)cc1NCc1ncc(Cl)s1. The highest BCUT2D eigenvalue weighted by Gasteiger charge is 2.15. The number of benzene rings is 1. The van der Waals surface area contributed by atoms with E-state index in [0.717, 1.165) is 16.3 Å². The van der Waals surface area contributed by atoms with Gasteiger partial charge in [-0.15, -0.1) is 11.3 Å². The lowest BCUT2D eigenvalue weighted by atomic mass is 10.2. The largest absolute Gasteiger partial charge is 0.378 e. The molecule has 0 fully saturated rings. The summed E-state index contributed by atoms with van der Waals surface area (Å²) in [5.74, 6) is 0. The number of hydrogen-bond acceptors (Lipinski definition) is 5. The van der Waals surface area contributed by atoms with Gasteiger partial charge in [-0.1, -0.05) is 23.2 Å². The number of nitro benzene ring substituents is 1. The first-order valence-corrected chi connectivity index (χ1v) is 6.83. The Morgan fingerprint density at radius 2 is 2.21 bits per heavy atom. The molecule has 0 aliphatic rings. The number of thiazole rings is 1. The fraction of sp³-hybridized carbons (Fsp3) is 0.182. The van der Waals surface area contributed by atoms with Crippen LogP contribution in [0, 0.1) is 17.0 Å². The number of halogens is 2. The number of aryl methyl sites for hydroxylation is 1. The van der Waals surface area contributed by atoms with Crippen LogP contribution < -0.4 is 5.32 Å². The highest BCUT2D eigenvalue weighted by Crippen LogP contribution is 2.31. The lowest BCUT2D eigenvalue weighted by Gasteiger charge is -2.08. The lowest BCUT2D eigenvalue weighted by Crippen LogP contribution is -2.01. The van der Waals surface area contributed by atoms with Crippen LogP contribution in [-0.2, 0) is 6.54 Å². The molecule has 0 aliphatic carbocycles. The highest BCUT2D eigenvalue weighted by molar-refractivity contribution is 7.15. The first-order valence-electron chi connectivity index (χ1n) is 5.26. The molecule has 0 atom stereocenters. The van der Waals surface area contributed by atoms with Crippen molar-refractivity contribution in [3.05, 3.63) is 48.4 Å². The molecule has 0 amide bonds. The molecule has 1 heterocycles. The van der Waals surface area contributed by atoms with Crippen LogP contribution in [0.2, 0.25) is 9.36 Å². The lowest BCUT2D eigenvalue weighted by molar-refractivity contribution is -0.384. The molecule has 0 aliphatic heterocycles. The molecule has 0 saturated carbocycles. The molecule has 1 aromatic carbocycles. The van der Waals surface area contributed by atoms with Crippen LogP contribution in [0.15, 0.2) is 18.3 Å². The van der Waals surface area contributed by atoms with Crippen LogP contribution in [-0.4, -0.2) is 9.91 Å². The average molecular weight is 318 g/mol. The molecule has 0 saturated heterocycles. The summed E-state index contributed by atoms with van der Waals surface area (Å²) >= 11 is 13.0. The smallest absolute Gasteiger partial charge is 0.288 e. The van der Waals surface area contributed by atoms with Crippen molar-refractivity contribution in [2.24, 2.45) is 0 Å². The van der Waals surface area contributed by atoms with E-state index in [1.54, 1.807) is 19.2 Å². The molecule has 5 nitrogen and oxygen atoms in total. The molecule has 19 heavy (non-hydrogen) atoms. The Bertz CT molecular complexity index is 630. The maximum absolute atomic E-state index is 10.7. The van der Waals surface area contributed by atoms with Gasteiger partial charge in [0.15, 0.2) is 0 Å². The number of hydrogen-bond donors (Lipinski definition) is 1. The Hall–Kier alpha value is -1.37. The summed E-state index contributed by atoms with van der Waals surface area (Å²) in [6, 6.07) is 2.99. The van der Waals surface area contributed by atoms with Crippen LogP contribution in [0.5, 0.6) is 0 Å². The van der Waals surface area contributed by atoms with Gasteiger partial charge in [-0.2, -0.15) is 0 Å². The molecule has 0 spiro atoms. The van der Waals surface area contributed by atoms with Crippen LogP contribution >= 0.6 is 34.5 Å². The summed E-state index contributed by atoms with van der Waals surface area (Å²) in [4.78, 5) is 14.4. The Morgan fingerprint density at radius 1 is 1.47 bits per heavy atom. The van der Waals surface area contributed by atoms with Crippen molar-refractivity contribution in [1.29, 1.82) is 0 Å². The van der Waals surface area contributed by atoms with E-state index in [1.165, 1.54) is 17.4 Å². The first-order chi connectivity index (χ1) is 8.97. The van der Waals surface area contributed by atoms with Gasteiger partial charge in [0.05, 0.1) is 17.7 Å². The van der Waals surface area contributed by atoms with Crippen LogP contribution in [0.4, 0.5) is 11.4 Å². The zero-order valence-electron chi connectivity index (χ0n) is 9.81.